The van der Waals surface area contributed by atoms with Crippen LogP contribution in [0.3, 0.4) is 0 Å². The zero-order chi connectivity index (χ0) is 16.8. The van der Waals surface area contributed by atoms with Gasteiger partial charge >= 0.3 is 11.8 Å². The molecule has 1 atom stereocenters. The SMILES string of the molecule is O=C(NCC1CC=CCC1)C(=O)Nc1cccc(-n2cnnc2)c1. The number of carbonyl (C=O) groups excluding carboxylic acids is 2. The van der Waals surface area contributed by atoms with Crippen LogP contribution in [0.25, 0.3) is 5.69 Å². The Kier molecular flexibility index (Phi) is 5.00. The highest BCUT2D eigenvalue weighted by Crippen LogP contribution is 2.17. The summed E-state index contributed by atoms with van der Waals surface area (Å²) >= 11 is 0. The fourth-order valence-corrected chi connectivity index (χ4v) is 2.63. The quantitative estimate of drug-likeness (QED) is 0.661. The Hall–Kier alpha value is -2.96. The fraction of sp³-hybridized carbons (Fsp3) is 0.294. The monoisotopic (exact) mass is 325 g/mol. The molecule has 2 N–H and O–H groups in total. The van der Waals surface area contributed by atoms with Crippen molar-refractivity contribution in [3.63, 3.8) is 0 Å². The average molecular weight is 325 g/mol. The van der Waals surface area contributed by atoms with Crippen LogP contribution in [0.15, 0.2) is 49.1 Å². The molecule has 1 unspecified atom stereocenters. The molecule has 1 aromatic heterocycles. The average Bonchev–Trinajstić information content (AvgIpc) is 3.15. The summed E-state index contributed by atoms with van der Waals surface area (Å²) in [5.74, 6) is -0.870. The summed E-state index contributed by atoms with van der Waals surface area (Å²) in [6.45, 7) is 0.525. The van der Waals surface area contributed by atoms with Gasteiger partial charge in [0, 0.05) is 12.2 Å². The van der Waals surface area contributed by atoms with E-state index in [2.05, 4.69) is 33.0 Å². The van der Waals surface area contributed by atoms with Crippen LogP contribution in [0, 0.1) is 5.92 Å². The number of benzene rings is 1. The molecule has 2 amide bonds. The van der Waals surface area contributed by atoms with E-state index in [1.54, 1.807) is 35.4 Å². The van der Waals surface area contributed by atoms with Crippen molar-refractivity contribution in [2.45, 2.75) is 19.3 Å². The second kappa shape index (κ2) is 7.54. The highest BCUT2D eigenvalue weighted by Gasteiger charge is 2.16. The second-order valence-electron chi connectivity index (χ2n) is 5.73. The number of carbonyl (C=O) groups is 2. The van der Waals surface area contributed by atoms with Crippen molar-refractivity contribution in [1.82, 2.24) is 20.1 Å². The number of allylic oxidation sites excluding steroid dienone is 2. The van der Waals surface area contributed by atoms with Gasteiger partial charge in [0.2, 0.25) is 0 Å². The summed E-state index contributed by atoms with van der Waals surface area (Å²) in [6.07, 6.45) is 10.4. The highest BCUT2D eigenvalue weighted by molar-refractivity contribution is 6.39. The largest absolute Gasteiger partial charge is 0.348 e. The minimum Gasteiger partial charge on any atom is -0.348 e. The van der Waals surface area contributed by atoms with Crippen LogP contribution in [-0.4, -0.2) is 33.1 Å². The van der Waals surface area contributed by atoms with Gasteiger partial charge in [-0.25, -0.2) is 0 Å². The van der Waals surface area contributed by atoms with E-state index in [0.717, 1.165) is 24.9 Å². The Labute approximate surface area is 139 Å². The first-order valence-electron chi connectivity index (χ1n) is 7.91. The smallest absolute Gasteiger partial charge is 0.313 e. The van der Waals surface area contributed by atoms with E-state index in [4.69, 9.17) is 0 Å². The molecule has 1 aromatic carbocycles. The summed E-state index contributed by atoms with van der Waals surface area (Å²) < 4.78 is 1.71. The third kappa shape index (κ3) is 4.07. The van der Waals surface area contributed by atoms with Crippen molar-refractivity contribution >= 4 is 17.5 Å². The van der Waals surface area contributed by atoms with Crippen LogP contribution >= 0.6 is 0 Å². The van der Waals surface area contributed by atoms with Gasteiger partial charge in [-0.3, -0.25) is 14.2 Å². The number of hydrogen-bond donors (Lipinski definition) is 2. The van der Waals surface area contributed by atoms with Crippen molar-refractivity contribution in [3.8, 4) is 5.69 Å². The molecular weight excluding hydrogens is 306 g/mol. The number of aromatic nitrogens is 3. The van der Waals surface area contributed by atoms with Gasteiger partial charge in [0.25, 0.3) is 0 Å². The van der Waals surface area contributed by atoms with Crippen molar-refractivity contribution < 1.29 is 9.59 Å². The number of nitrogens with one attached hydrogen (secondary N) is 2. The Balaban J connectivity index is 1.55. The lowest BCUT2D eigenvalue weighted by Crippen LogP contribution is -2.38. The fourth-order valence-electron chi connectivity index (χ4n) is 2.63. The van der Waals surface area contributed by atoms with Gasteiger partial charge in [0.1, 0.15) is 12.7 Å². The van der Waals surface area contributed by atoms with Crippen molar-refractivity contribution in [3.05, 3.63) is 49.1 Å². The van der Waals surface area contributed by atoms with Gasteiger partial charge in [-0.1, -0.05) is 18.2 Å². The van der Waals surface area contributed by atoms with Gasteiger partial charge < -0.3 is 10.6 Å². The second-order valence-corrected chi connectivity index (χ2v) is 5.73. The molecule has 3 rings (SSSR count). The lowest BCUT2D eigenvalue weighted by Gasteiger charge is -2.17. The molecule has 0 fully saturated rings. The van der Waals surface area contributed by atoms with Crippen molar-refractivity contribution in [2.24, 2.45) is 5.92 Å². The Morgan fingerprint density at radius 2 is 2.00 bits per heavy atom. The molecule has 24 heavy (non-hydrogen) atoms. The first kappa shape index (κ1) is 15.9. The number of hydrogen-bond acceptors (Lipinski definition) is 4. The van der Waals surface area contributed by atoms with Gasteiger partial charge in [-0.2, -0.15) is 0 Å². The van der Waals surface area contributed by atoms with E-state index in [1.807, 2.05) is 6.07 Å². The molecule has 0 spiro atoms. The summed E-state index contributed by atoms with van der Waals surface area (Å²) in [6, 6.07) is 7.12. The van der Waals surface area contributed by atoms with Gasteiger partial charge in [-0.05, 0) is 43.4 Å². The maximum absolute atomic E-state index is 12.0. The molecule has 1 aliphatic rings. The van der Waals surface area contributed by atoms with Crippen LogP contribution in [0.1, 0.15) is 19.3 Å². The molecule has 0 radical (unpaired) electrons. The minimum atomic E-state index is -0.665. The molecule has 7 heteroatoms. The van der Waals surface area contributed by atoms with Crippen LogP contribution in [0.4, 0.5) is 5.69 Å². The van der Waals surface area contributed by atoms with Gasteiger partial charge in [0.15, 0.2) is 0 Å². The lowest BCUT2D eigenvalue weighted by molar-refractivity contribution is -0.136. The molecule has 0 saturated heterocycles. The molecule has 124 valence electrons. The summed E-state index contributed by atoms with van der Waals surface area (Å²) in [7, 11) is 0. The van der Waals surface area contributed by atoms with Crippen LogP contribution in [-0.2, 0) is 9.59 Å². The van der Waals surface area contributed by atoms with Crippen molar-refractivity contribution in [1.29, 1.82) is 0 Å². The molecule has 7 nitrogen and oxygen atoms in total. The van der Waals surface area contributed by atoms with Crippen molar-refractivity contribution in [2.75, 3.05) is 11.9 Å². The Bertz CT molecular complexity index is 739. The van der Waals surface area contributed by atoms with Crippen LogP contribution in [0.5, 0.6) is 0 Å². The standard InChI is InChI=1S/C17H19N5O2/c23-16(18-10-13-5-2-1-3-6-13)17(24)21-14-7-4-8-15(9-14)22-11-19-20-12-22/h1-2,4,7-9,11-13H,3,5-6,10H2,(H,18,23)(H,21,24). The maximum atomic E-state index is 12.0. The molecular formula is C17H19N5O2. The normalized spacial score (nSPS) is 16.6. The molecule has 0 bridgehead atoms. The Morgan fingerprint density at radius 1 is 1.17 bits per heavy atom. The topological polar surface area (TPSA) is 88.9 Å². The van der Waals surface area contributed by atoms with Gasteiger partial charge in [0.05, 0.1) is 5.69 Å². The zero-order valence-corrected chi connectivity index (χ0v) is 13.2. The molecule has 0 saturated carbocycles. The van der Waals surface area contributed by atoms with Crippen LogP contribution in [0.2, 0.25) is 0 Å². The number of amides is 2. The van der Waals surface area contributed by atoms with E-state index in [9.17, 15) is 9.59 Å². The van der Waals surface area contributed by atoms with E-state index in [1.165, 1.54) is 0 Å². The third-order valence-electron chi connectivity index (χ3n) is 3.96. The number of rotatable bonds is 4. The zero-order valence-electron chi connectivity index (χ0n) is 13.2. The van der Waals surface area contributed by atoms with E-state index in [-0.39, 0.29) is 0 Å². The number of nitrogens with zero attached hydrogens (tertiary/aromatic N) is 3. The molecule has 1 heterocycles. The molecule has 1 aliphatic carbocycles. The highest BCUT2D eigenvalue weighted by atomic mass is 16.2. The number of anilines is 1. The van der Waals surface area contributed by atoms with E-state index in [0.29, 0.717) is 18.2 Å². The minimum absolute atomic E-state index is 0.406. The molecule has 2 aromatic rings. The first-order valence-corrected chi connectivity index (χ1v) is 7.91. The predicted molar refractivity (Wildman–Crippen MR) is 89.5 cm³/mol. The predicted octanol–water partition coefficient (Wildman–Crippen LogP) is 1.68. The van der Waals surface area contributed by atoms with Gasteiger partial charge in [-0.15, -0.1) is 10.2 Å². The third-order valence-corrected chi connectivity index (χ3v) is 3.96. The Morgan fingerprint density at radius 3 is 2.75 bits per heavy atom. The van der Waals surface area contributed by atoms with E-state index < -0.39 is 11.8 Å². The maximum Gasteiger partial charge on any atom is 0.313 e. The summed E-state index contributed by atoms with van der Waals surface area (Å²) in [4.78, 5) is 24.0. The molecule has 0 aliphatic heterocycles. The summed E-state index contributed by atoms with van der Waals surface area (Å²) in [5, 5.41) is 12.8. The van der Waals surface area contributed by atoms with Crippen LogP contribution < -0.4 is 10.6 Å². The lowest BCUT2D eigenvalue weighted by atomic mass is 9.94. The first-order chi connectivity index (χ1) is 11.7. The summed E-state index contributed by atoms with van der Waals surface area (Å²) in [5.41, 5.74) is 1.34. The van der Waals surface area contributed by atoms with E-state index >= 15 is 0 Å².